The van der Waals surface area contributed by atoms with Gasteiger partial charge in [-0.2, -0.15) is 4.98 Å². The molecule has 0 saturated carbocycles. The highest BCUT2D eigenvalue weighted by atomic mass is 32.1. The second-order valence-electron chi connectivity index (χ2n) is 6.45. The lowest BCUT2D eigenvalue weighted by Gasteiger charge is -2.28. The van der Waals surface area contributed by atoms with Gasteiger partial charge in [-0.05, 0) is 33.1 Å². The Morgan fingerprint density at radius 1 is 1.20 bits per heavy atom. The molecule has 0 atom stereocenters. The minimum absolute atomic E-state index is 0.166. The van der Waals surface area contributed by atoms with Gasteiger partial charge in [0.15, 0.2) is 5.82 Å². The fraction of sp³-hybridized carbons (Fsp3) is 0.529. The summed E-state index contributed by atoms with van der Waals surface area (Å²) in [7, 11) is 3.83. The quantitative estimate of drug-likeness (QED) is 0.904. The zero-order chi connectivity index (χ0) is 18.0. The van der Waals surface area contributed by atoms with Crippen molar-refractivity contribution < 1.29 is 4.79 Å². The molecule has 0 aromatic carbocycles. The average molecular weight is 360 g/mol. The van der Waals surface area contributed by atoms with Gasteiger partial charge < -0.3 is 15.1 Å². The summed E-state index contributed by atoms with van der Waals surface area (Å²) >= 11 is 1.40. The summed E-state index contributed by atoms with van der Waals surface area (Å²) in [6.45, 7) is 5.72. The molecule has 7 nitrogen and oxygen atoms in total. The lowest BCUT2D eigenvalue weighted by Crippen LogP contribution is -2.31. The van der Waals surface area contributed by atoms with Crippen molar-refractivity contribution >= 4 is 34.7 Å². The number of nitrogens with zero attached hydrogens (tertiary/aromatic N) is 5. The standard InChI is InChI=1S/C17H24N6OS/c1-11-14(25-12(2)19-11)16(24)20-13-10-18-17(21-15(13)22(3)4)23-8-6-5-7-9-23/h10H,5-9H2,1-4H3,(H,20,24). The Hall–Kier alpha value is -2.22. The molecule has 25 heavy (non-hydrogen) atoms. The fourth-order valence-electron chi connectivity index (χ4n) is 2.96. The van der Waals surface area contributed by atoms with Gasteiger partial charge in [-0.1, -0.05) is 0 Å². The largest absolute Gasteiger partial charge is 0.361 e. The number of nitrogens with one attached hydrogen (secondary N) is 1. The van der Waals surface area contributed by atoms with Gasteiger partial charge in [0, 0.05) is 27.2 Å². The summed E-state index contributed by atoms with van der Waals surface area (Å²) < 4.78 is 0. The Morgan fingerprint density at radius 2 is 1.92 bits per heavy atom. The van der Waals surface area contributed by atoms with E-state index in [9.17, 15) is 4.79 Å². The van der Waals surface area contributed by atoms with Crippen LogP contribution in [-0.4, -0.2) is 48.0 Å². The number of aryl methyl sites for hydroxylation is 2. The van der Waals surface area contributed by atoms with Gasteiger partial charge in [0.05, 0.1) is 16.9 Å². The summed E-state index contributed by atoms with van der Waals surface area (Å²) in [6.07, 6.45) is 5.30. The van der Waals surface area contributed by atoms with E-state index in [0.717, 1.165) is 29.7 Å². The van der Waals surface area contributed by atoms with Crippen LogP contribution in [0.15, 0.2) is 6.20 Å². The van der Waals surface area contributed by atoms with Crippen molar-refractivity contribution in [1.29, 1.82) is 0 Å². The number of carbonyl (C=O) groups excluding carboxylic acids is 1. The topological polar surface area (TPSA) is 74.2 Å². The Morgan fingerprint density at radius 3 is 2.52 bits per heavy atom. The second-order valence-corrected chi connectivity index (χ2v) is 7.65. The van der Waals surface area contributed by atoms with Crippen molar-refractivity contribution in [2.24, 2.45) is 0 Å². The van der Waals surface area contributed by atoms with Crippen molar-refractivity contribution in [2.75, 3.05) is 42.3 Å². The monoisotopic (exact) mass is 360 g/mol. The van der Waals surface area contributed by atoms with E-state index in [0.29, 0.717) is 16.4 Å². The lowest BCUT2D eigenvalue weighted by molar-refractivity contribution is 0.102. The minimum Gasteiger partial charge on any atom is -0.361 e. The van der Waals surface area contributed by atoms with Crippen molar-refractivity contribution in [3.05, 3.63) is 21.8 Å². The molecule has 3 heterocycles. The predicted octanol–water partition coefficient (Wildman–Crippen LogP) is 2.86. The summed E-state index contributed by atoms with van der Waals surface area (Å²) in [5.74, 6) is 1.27. The molecule has 2 aromatic rings. The van der Waals surface area contributed by atoms with Crippen LogP contribution >= 0.6 is 11.3 Å². The smallest absolute Gasteiger partial charge is 0.267 e. The number of thiazole rings is 1. The van der Waals surface area contributed by atoms with E-state index in [1.54, 1.807) is 6.20 Å². The van der Waals surface area contributed by atoms with E-state index in [1.165, 1.54) is 30.6 Å². The third-order valence-electron chi connectivity index (χ3n) is 4.18. The summed E-state index contributed by atoms with van der Waals surface area (Å²) in [4.78, 5) is 30.8. The molecule has 134 valence electrons. The molecule has 1 N–H and O–H groups in total. The van der Waals surface area contributed by atoms with Crippen LogP contribution in [0.2, 0.25) is 0 Å². The highest BCUT2D eigenvalue weighted by Gasteiger charge is 2.20. The number of aromatic nitrogens is 3. The molecule has 1 aliphatic heterocycles. The molecular formula is C17H24N6OS. The molecule has 8 heteroatoms. The molecule has 0 unspecified atom stereocenters. The highest BCUT2D eigenvalue weighted by molar-refractivity contribution is 7.13. The first kappa shape index (κ1) is 17.6. The first-order valence-electron chi connectivity index (χ1n) is 8.50. The number of rotatable bonds is 4. The van der Waals surface area contributed by atoms with Gasteiger partial charge in [-0.25, -0.2) is 9.97 Å². The molecule has 1 saturated heterocycles. The molecule has 1 aliphatic rings. The molecule has 3 rings (SSSR count). The van der Waals surface area contributed by atoms with Gasteiger partial charge in [-0.15, -0.1) is 11.3 Å². The van der Waals surface area contributed by atoms with Crippen LogP contribution in [0.5, 0.6) is 0 Å². The molecular weight excluding hydrogens is 336 g/mol. The van der Waals surface area contributed by atoms with Crippen LogP contribution < -0.4 is 15.1 Å². The predicted molar refractivity (Wildman–Crippen MR) is 102 cm³/mol. The maximum Gasteiger partial charge on any atom is 0.267 e. The van der Waals surface area contributed by atoms with E-state index >= 15 is 0 Å². The van der Waals surface area contributed by atoms with Gasteiger partial charge in [0.1, 0.15) is 10.6 Å². The Labute approximate surface area is 152 Å². The summed E-state index contributed by atoms with van der Waals surface area (Å²) in [5, 5.41) is 3.82. The van der Waals surface area contributed by atoms with E-state index < -0.39 is 0 Å². The number of amides is 1. The van der Waals surface area contributed by atoms with Crippen LogP contribution in [0.25, 0.3) is 0 Å². The van der Waals surface area contributed by atoms with Crippen LogP contribution in [0.1, 0.15) is 39.6 Å². The molecule has 0 bridgehead atoms. The molecule has 2 aromatic heterocycles. The summed E-state index contributed by atoms with van der Waals surface area (Å²) in [5.41, 5.74) is 1.36. The van der Waals surface area contributed by atoms with Crippen LogP contribution in [-0.2, 0) is 0 Å². The number of piperidine rings is 1. The summed E-state index contributed by atoms with van der Waals surface area (Å²) in [6, 6.07) is 0. The average Bonchev–Trinajstić information content (AvgIpc) is 2.94. The van der Waals surface area contributed by atoms with Crippen LogP contribution in [0.4, 0.5) is 17.5 Å². The number of hydrogen-bond acceptors (Lipinski definition) is 7. The maximum atomic E-state index is 12.6. The SMILES string of the molecule is Cc1nc(C)c(C(=O)Nc2cnc(N3CCCCC3)nc2N(C)C)s1. The molecule has 0 radical (unpaired) electrons. The van der Waals surface area contributed by atoms with Crippen LogP contribution in [0.3, 0.4) is 0 Å². The zero-order valence-electron chi connectivity index (χ0n) is 15.2. The third kappa shape index (κ3) is 3.89. The molecule has 0 spiro atoms. The van der Waals surface area contributed by atoms with Crippen molar-refractivity contribution in [2.45, 2.75) is 33.1 Å². The van der Waals surface area contributed by atoms with Crippen LogP contribution in [0, 0.1) is 13.8 Å². The Balaban J connectivity index is 1.85. The number of carbonyl (C=O) groups is 1. The normalized spacial score (nSPS) is 14.5. The van der Waals surface area contributed by atoms with E-state index in [-0.39, 0.29) is 5.91 Å². The highest BCUT2D eigenvalue weighted by Crippen LogP contribution is 2.27. The first-order chi connectivity index (χ1) is 12.0. The molecule has 1 fully saturated rings. The Kier molecular flexibility index (Phi) is 5.17. The van der Waals surface area contributed by atoms with Crippen molar-refractivity contribution in [1.82, 2.24) is 15.0 Å². The second kappa shape index (κ2) is 7.35. The maximum absolute atomic E-state index is 12.6. The van der Waals surface area contributed by atoms with Gasteiger partial charge in [0.25, 0.3) is 5.91 Å². The van der Waals surface area contributed by atoms with E-state index in [4.69, 9.17) is 0 Å². The number of anilines is 3. The van der Waals surface area contributed by atoms with Gasteiger partial charge in [0.2, 0.25) is 5.95 Å². The lowest BCUT2D eigenvalue weighted by atomic mass is 10.1. The first-order valence-corrected chi connectivity index (χ1v) is 9.32. The zero-order valence-corrected chi connectivity index (χ0v) is 16.0. The third-order valence-corrected chi connectivity index (χ3v) is 5.25. The van der Waals surface area contributed by atoms with E-state index in [1.807, 2.05) is 32.8 Å². The van der Waals surface area contributed by atoms with Gasteiger partial charge >= 0.3 is 0 Å². The molecule has 0 aliphatic carbocycles. The molecule has 1 amide bonds. The Bertz CT molecular complexity index is 766. The minimum atomic E-state index is -0.166. The van der Waals surface area contributed by atoms with Crippen molar-refractivity contribution in [3.63, 3.8) is 0 Å². The fourth-order valence-corrected chi connectivity index (χ4v) is 3.78. The van der Waals surface area contributed by atoms with E-state index in [2.05, 4.69) is 25.2 Å². The number of hydrogen-bond donors (Lipinski definition) is 1. The van der Waals surface area contributed by atoms with Gasteiger partial charge in [-0.3, -0.25) is 4.79 Å². The van der Waals surface area contributed by atoms with Crippen molar-refractivity contribution in [3.8, 4) is 0 Å².